The van der Waals surface area contributed by atoms with Crippen LogP contribution in [0.1, 0.15) is 17.3 Å². The molecule has 0 N–H and O–H groups in total. The molecule has 3 nitrogen and oxygen atoms in total. The first-order valence-electron chi connectivity index (χ1n) is 5.06. The normalized spacial score (nSPS) is 10.0. The van der Waals surface area contributed by atoms with Gasteiger partial charge >= 0.3 is 0 Å². The zero-order valence-electron chi connectivity index (χ0n) is 9.18. The number of ether oxygens (including phenoxy) is 1. The second-order valence-corrected chi connectivity index (χ2v) is 3.88. The molecular formula is C13H10ClNO2. The standard InChI is InChI=1S/C13H10ClNO2/c1-9(16)10-6-7-15-13(8-10)17-12-5-3-2-4-11(12)14/h2-8H,1H3. The summed E-state index contributed by atoms with van der Waals surface area (Å²) in [5, 5.41) is 0.502. The zero-order valence-corrected chi connectivity index (χ0v) is 9.94. The molecule has 4 heteroatoms. The van der Waals surface area contributed by atoms with Gasteiger partial charge in [0.25, 0.3) is 0 Å². The SMILES string of the molecule is CC(=O)c1ccnc(Oc2ccccc2Cl)c1. The predicted octanol–water partition coefficient (Wildman–Crippen LogP) is 3.73. The maximum absolute atomic E-state index is 11.2. The highest BCUT2D eigenvalue weighted by molar-refractivity contribution is 6.32. The summed E-state index contributed by atoms with van der Waals surface area (Å²) in [5.74, 6) is 0.838. The minimum absolute atomic E-state index is 0.0311. The summed E-state index contributed by atoms with van der Waals surface area (Å²) in [6.45, 7) is 1.49. The van der Waals surface area contributed by atoms with Crippen LogP contribution in [0.5, 0.6) is 11.6 Å². The number of rotatable bonds is 3. The fourth-order valence-corrected chi connectivity index (χ4v) is 1.50. The first-order chi connectivity index (χ1) is 8.16. The zero-order chi connectivity index (χ0) is 12.3. The van der Waals surface area contributed by atoms with Crippen molar-refractivity contribution in [2.75, 3.05) is 0 Å². The van der Waals surface area contributed by atoms with Gasteiger partial charge in [-0.25, -0.2) is 4.98 Å². The topological polar surface area (TPSA) is 39.2 Å². The molecule has 1 aromatic carbocycles. The highest BCUT2D eigenvalue weighted by Crippen LogP contribution is 2.27. The Labute approximate surface area is 104 Å². The molecule has 2 aromatic rings. The van der Waals surface area contributed by atoms with Gasteiger partial charge in [0.1, 0.15) is 5.75 Å². The van der Waals surface area contributed by atoms with Crippen molar-refractivity contribution >= 4 is 17.4 Å². The van der Waals surface area contributed by atoms with Gasteiger partial charge in [-0.15, -0.1) is 0 Å². The number of carbonyl (C=O) groups is 1. The van der Waals surface area contributed by atoms with E-state index >= 15 is 0 Å². The number of Topliss-reactive ketones (excluding diaryl/α,β-unsaturated/α-hetero) is 1. The number of carbonyl (C=O) groups excluding carboxylic acids is 1. The molecule has 0 unspecified atom stereocenters. The molecule has 0 aliphatic heterocycles. The van der Waals surface area contributed by atoms with E-state index in [4.69, 9.17) is 16.3 Å². The number of para-hydroxylation sites is 1. The maximum atomic E-state index is 11.2. The predicted molar refractivity (Wildman–Crippen MR) is 65.8 cm³/mol. The molecule has 17 heavy (non-hydrogen) atoms. The van der Waals surface area contributed by atoms with Crippen LogP contribution in [0.3, 0.4) is 0 Å². The van der Waals surface area contributed by atoms with Gasteiger partial charge in [0.15, 0.2) is 5.78 Å². The first kappa shape index (κ1) is 11.6. The molecule has 0 bridgehead atoms. The van der Waals surface area contributed by atoms with Crippen molar-refractivity contribution in [2.45, 2.75) is 6.92 Å². The summed E-state index contributed by atoms with van der Waals surface area (Å²) in [4.78, 5) is 15.2. The van der Waals surface area contributed by atoms with Crippen LogP contribution in [-0.4, -0.2) is 10.8 Å². The Morgan fingerprint density at radius 2 is 2.06 bits per heavy atom. The third-order valence-corrected chi connectivity index (χ3v) is 2.50. The monoisotopic (exact) mass is 247 g/mol. The molecule has 1 aromatic heterocycles. The van der Waals surface area contributed by atoms with Crippen molar-refractivity contribution in [3.63, 3.8) is 0 Å². The maximum Gasteiger partial charge on any atom is 0.219 e. The Kier molecular flexibility index (Phi) is 3.40. The number of benzene rings is 1. The van der Waals surface area contributed by atoms with E-state index in [1.54, 1.807) is 24.3 Å². The largest absolute Gasteiger partial charge is 0.437 e. The minimum Gasteiger partial charge on any atom is -0.437 e. The number of aromatic nitrogens is 1. The summed E-state index contributed by atoms with van der Waals surface area (Å²) in [6.07, 6.45) is 1.53. The number of hydrogen-bond donors (Lipinski definition) is 0. The number of hydrogen-bond acceptors (Lipinski definition) is 3. The van der Waals surface area contributed by atoms with Crippen LogP contribution in [0, 0.1) is 0 Å². The minimum atomic E-state index is -0.0311. The summed E-state index contributed by atoms with van der Waals surface area (Å²) in [6, 6.07) is 10.3. The van der Waals surface area contributed by atoms with Crippen molar-refractivity contribution in [3.8, 4) is 11.6 Å². The molecule has 0 atom stereocenters. The van der Waals surface area contributed by atoms with Gasteiger partial charge in [-0.2, -0.15) is 0 Å². The molecule has 0 aliphatic carbocycles. The Morgan fingerprint density at radius 3 is 2.76 bits per heavy atom. The fraction of sp³-hybridized carbons (Fsp3) is 0.0769. The average Bonchev–Trinajstić information content (AvgIpc) is 2.32. The van der Waals surface area contributed by atoms with Crippen molar-refractivity contribution < 1.29 is 9.53 Å². The van der Waals surface area contributed by atoms with E-state index in [9.17, 15) is 4.79 Å². The van der Waals surface area contributed by atoms with Gasteiger partial charge in [0.2, 0.25) is 5.88 Å². The second kappa shape index (κ2) is 4.97. The smallest absolute Gasteiger partial charge is 0.219 e. The van der Waals surface area contributed by atoms with E-state index in [0.717, 1.165) is 0 Å². The lowest BCUT2D eigenvalue weighted by Crippen LogP contribution is -1.95. The number of pyridine rings is 1. The Bertz CT molecular complexity index is 555. The van der Waals surface area contributed by atoms with E-state index in [1.165, 1.54) is 13.1 Å². The van der Waals surface area contributed by atoms with E-state index in [-0.39, 0.29) is 5.78 Å². The number of nitrogens with zero attached hydrogens (tertiary/aromatic N) is 1. The van der Waals surface area contributed by atoms with E-state index in [2.05, 4.69) is 4.98 Å². The van der Waals surface area contributed by atoms with E-state index in [0.29, 0.717) is 22.2 Å². The quantitative estimate of drug-likeness (QED) is 0.776. The molecule has 1 heterocycles. The molecule has 0 saturated heterocycles. The molecule has 0 aliphatic rings. The van der Waals surface area contributed by atoms with Crippen LogP contribution in [0.25, 0.3) is 0 Å². The highest BCUT2D eigenvalue weighted by atomic mass is 35.5. The van der Waals surface area contributed by atoms with Gasteiger partial charge < -0.3 is 4.74 Å². The number of ketones is 1. The lowest BCUT2D eigenvalue weighted by Gasteiger charge is -2.06. The molecular weight excluding hydrogens is 238 g/mol. The Morgan fingerprint density at radius 1 is 1.29 bits per heavy atom. The average molecular weight is 248 g/mol. The van der Waals surface area contributed by atoms with Gasteiger partial charge in [-0.3, -0.25) is 4.79 Å². The van der Waals surface area contributed by atoms with Crippen molar-refractivity contribution in [1.29, 1.82) is 0 Å². The number of halogens is 1. The second-order valence-electron chi connectivity index (χ2n) is 3.47. The first-order valence-corrected chi connectivity index (χ1v) is 5.44. The third kappa shape index (κ3) is 2.82. The molecule has 2 rings (SSSR count). The van der Waals surface area contributed by atoms with Crippen LogP contribution >= 0.6 is 11.6 Å². The van der Waals surface area contributed by atoms with Gasteiger partial charge in [-0.1, -0.05) is 23.7 Å². The van der Waals surface area contributed by atoms with Crippen molar-refractivity contribution in [3.05, 3.63) is 53.2 Å². The van der Waals surface area contributed by atoms with Gasteiger partial charge in [0, 0.05) is 17.8 Å². The van der Waals surface area contributed by atoms with Gasteiger partial charge in [0.05, 0.1) is 5.02 Å². The lowest BCUT2D eigenvalue weighted by atomic mass is 10.2. The van der Waals surface area contributed by atoms with Gasteiger partial charge in [-0.05, 0) is 25.1 Å². The van der Waals surface area contributed by atoms with Crippen molar-refractivity contribution in [2.24, 2.45) is 0 Å². The van der Waals surface area contributed by atoms with Crippen LogP contribution in [0.2, 0.25) is 5.02 Å². The summed E-state index contributed by atoms with van der Waals surface area (Å²) in [5.41, 5.74) is 0.557. The molecule has 0 fully saturated rings. The molecule has 0 saturated carbocycles. The third-order valence-electron chi connectivity index (χ3n) is 2.19. The van der Waals surface area contributed by atoms with Crippen LogP contribution in [-0.2, 0) is 0 Å². The van der Waals surface area contributed by atoms with E-state index in [1.807, 2.05) is 12.1 Å². The summed E-state index contributed by atoms with van der Waals surface area (Å²) >= 11 is 5.96. The molecule has 0 amide bonds. The Hall–Kier alpha value is -1.87. The molecule has 0 spiro atoms. The fourth-order valence-electron chi connectivity index (χ4n) is 1.32. The lowest BCUT2D eigenvalue weighted by molar-refractivity contribution is 0.101. The summed E-state index contributed by atoms with van der Waals surface area (Å²) < 4.78 is 5.50. The Balaban J connectivity index is 2.28. The summed E-state index contributed by atoms with van der Waals surface area (Å²) in [7, 11) is 0. The van der Waals surface area contributed by atoms with Crippen LogP contribution < -0.4 is 4.74 Å². The van der Waals surface area contributed by atoms with Crippen LogP contribution in [0.4, 0.5) is 0 Å². The molecule has 86 valence electrons. The molecule has 0 radical (unpaired) electrons. The van der Waals surface area contributed by atoms with Crippen molar-refractivity contribution in [1.82, 2.24) is 4.98 Å². The highest BCUT2D eigenvalue weighted by Gasteiger charge is 2.05. The van der Waals surface area contributed by atoms with E-state index < -0.39 is 0 Å². The van der Waals surface area contributed by atoms with Crippen LogP contribution in [0.15, 0.2) is 42.6 Å².